The van der Waals surface area contributed by atoms with Gasteiger partial charge in [-0.3, -0.25) is 9.78 Å². The molecule has 3 nitrogen and oxygen atoms in total. The molecule has 0 spiro atoms. The van der Waals surface area contributed by atoms with Crippen molar-refractivity contribution >= 4 is 5.91 Å². The molecule has 1 fully saturated rings. The van der Waals surface area contributed by atoms with E-state index in [0.717, 1.165) is 42.8 Å². The Kier molecular flexibility index (Phi) is 4.00. The lowest BCUT2D eigenvalue weighted by molar-refractivity contribution is 0.0606. The molecule has 2 heterocycles. The number of likely N-dealkylation sites (tertiary alicyclic amines) is 1. The Morgan fingerprint density at radius 2 is 1.90 bits per heavy atom. The highest BCUT2D eigenvalue weighted by atomic mass is 16.2. The van der Waals surface area contributed by atoms with Gasteiger partial charge in [0.05, 0.1) is 11.7 Å². The van der Waals surface area contributed by atoms with Gasteiger partial charge in [-0.25, -0.2) is 0 Å². The molecule has 1 saturated heterocycles. The smallest absolute Gasteiger partial charge is 0.254 e. The first-order valence-corrected chi connectivity index (χ1v) is 7.55. The predicted molar refractivity (Wildman–Crippen MR) is 83.0 cm³/mol. The number of benzene rings is 1. The lowest BCUT2D eigenvalue weighted by Crippen LogP contribution is -2.38. The van der Waals surface area contributed by atoms with Crippen molar-refractivity contribution in [2.24, 2.45) is 0 Å². The Morgan fingerprint density at radius 1 is 1.10 bits per heavy atom. The Bertz CT molecular complexity index is 624. The van der Waals surface area contributed by atoms with Crippen molar-refractivity contribution in [1.29, 1.82) is 0 Å². The summed E-state index contributed by atoms with van der Waals surface area (Å²) in [7, 11) is 0. The normalized spacial score (nSPS) is 18.5. The molecule has 3 heteroatoms. The second-order valence-electron chi connectivity index (χ2n) is 5.58. The van der Waals surface area contributed by atoms with Crippen LogP contribution in [-0.4, -0.2) is 22.3 Å². The monoisotopic (exact) mass is 280 g/mol. The molecule has 0 saturated carbocycles. The number of carbonyl (C=O) groups excluding carboxylic acids is 1. The number of nitrogens with zero attached hydrogens (tertiary/aromatic N) is 2. The molecule has 108 valence electrons. The second kappa shape index (κ2) is 6.08. The van der Waals surface area contributed by atoms with Gasteiger partial charge in [0.15, 0.2) is 0 Å². The predicted octanol–water partition coefficient (Wildman–Crippen LogP) is 3.76. The molecule has 1 aromatic heterocycles. The van der Waals surface area contributed by atoms with E-state index in [2.05, 4.69) is 4.98 Å². The first-order valence-electron chi connectivity index (χ1n) is 7.55. The van der Waals surface area contributed by atoms with Crippen molar-refractivity contribution in [3.63, 3.8) is 0 Å². The van der Waals surface area contributed by atoms with Gasteiger partial charge in [0, 0.05) is 17.8 Å². The fourth-order valence-corrected chi connectivity index (χ4v) is 2.98. The average Bonchev–Trinajstić information content (AvgIpc) is 2.55. The largest absolute Gasteiger partial charge is 0.330 e. The Hall–Kier alpha value is -2.16. The minimum Gasteiger partial charge on any atom is -0.330 e. The second-order valence-corrected chi connectivity index (χ2v) is 5.58. The molecule has 0 N–H and O–H groups in total. The van der Waals surface area contributed by atoms with E-state index >= 15 is 0 Å². The van der Waals surface area contributed by atoms with Crippen LogP contribution in [0.4, 0.5) is 0 Å². The van der Waals surface area contributed by atoms with E-state index in [9.17, 15) is 4.79 Å². The third-order valence-electron chi connectivity index (χ3n) is 4.04. The van der Waals surface area contributed by atoms with Crippen LogP contribution in [0, 0.1) is 6.92 Å². The van der Waals surface area contributed by atoms with Crippen molar-refractivity contribution in [2.75, 3.05) is 6.54 Å². The van der Waals surface area contributed by atoms with Crippen LogP contribution in [0.1, 0.15) is 47.1 Å². The van der Waals surface area contributed by atoms with Crippen LogP contribution in [0.3, 0.4) is 0 Å². The molecule has 1 amide bonds. The molecule has 0 unspecified atom stereocenters. The van der Waals surface area contributed by atoms with Gasteiger partial charge >= 0.3 is 0 Å². The fourth-order valence-electron chi connectivity index (χ4n) is 2.98. The Balaban J connectivity index is 1.90. The number of pyridine rings is 1. The van der Waals surface area contributed by atoms with Crippen LogP contribution >= 0.6 is 0 Å². The lowest BCUT2D eigenvalue weighted by Gasteiger charge is -2.35. The summed E-state index contributed by atoms with van der Waals surface area (Å²) in [5, 5.41) is 0. The highest BCUT2D eigenvalue weighted by molar-refractivity contribution is 5.94. The molecule has 0 aliphatic carbocycles. The summed E-state index contributed by atoms with van der Waals surface area (Å²) in [6.45, 7) is 2.81. The molecular weight excluding hydrogens is 260 g/mol. The van der Waals surface area contributed by atoms with Crippen molar-refractivity contribution in [2.45, 2.75) is 32.2 Å². The van der Waals surface area contributed by atoms with Crippen LogP contribution in [0.25, 0.3) is 0 Å². The summed E-state index contributed by atoms with van der Waals surface area (Å²) in [4.78, 5) is 19.4. The van der Waals surface area contributed by atoms with Crippen molar-refractivity contribution < 1.29 is 4.79 Å². The Labute approximate surface area is 125 Å². The molecule has 0 bridgehead atoms. The lowest BCUT2D eigenvalue weighted by atomic mass is 9.97. The molecule has 21 heavy (non-hydrogen) atoms. The first kappa shape index (κ1) is 13.8. The van der Waals surface area contributed by atoms with Gasteiger partial charge in [-0.2, -0.15) is 0 Å². The minimum absolute atomic E-state index is 0.103. The van der Waals surface area contributed by atoms with Gasteiger partial charge in [-0.05, 0) is 50.5 Å². The number of carbonyl (C=O) groups is 1. The van der Waals surface area contributed by atoms with Gasteiger partial charge in [-0.15, -0.1) is 0 Å². The SMILES string of the molecule is Cc1cccc([C@H]2CCCCN2C(=O)c2ccccc2)n1. The maximum absolute atomic E-state index is 12.8. The van der Waals surface area contributed by atoms with Gasteiger partial charge in [0.25, 0.3) is 5.91 Å². The van der Waals surface area contributed by atoms with E-state index in [-0.39, 0.29) is 11.9 Å². The molecule has 1 atom stereocenters. The van der Waals surface area contributed by atoms with E-state index in [1.165, 1.54) is 0 Å². The maximum atomic E-state index is 12.8. The summed E-state index contributed by atoms with van der Waals surface area (Å²) in [6, 6.07) is 15.7. The number of aryl methyl sites for hydroxylation is 1. The van der Waals surface area contributed by atoms with Crippen LogP contribution < -0.4 is 0 Å². The number of piperidine rings is 1. The van der Waals surface area contributed by atoms with Gasteiger partial charge in [-0.1, -0.05) is 24.3 Å². The number of hydrogen-bond donors (Lipinski definition) is 0. The summed E-state index contributed by atoms with van der Waals surface area (Å²) in [6.07, 6.45) is 3.22. The van der Waals surface area contributed by atoms with E-state index in [4.69, 9.17) is 0 Å². The highest BCUT2D eigenvalue weighted by Gasteiger charge is 2.29. The van der Waals surface area contributed by atoms with E-state index < -0.39 is 0 Å². The summed E-state index contributed by atoms with van der Waals surface area (Å²) < 4.78 is 0. The molecule has 1 aliphatic heterocycles. The molecule has 1 aliphatic rings. The van der Waals surface area contributed by atoms with E-state index in [0.29, 0.717) is 0 Å². The average molecular weight is 280 g/mol. The standard InChI is InChI=1S/C18H20N2O/c1-14-8-7-11-16(19-14)17-12-5-6-13-20(17)18(21)15-9-3-2-4-10-15/h2-4,7-11,17H,5-6,12-13H2,1H3/t17-/m1/s1. The van der Waals surface area contributed by atoms with Gasteiger partial charge in [0.1, 0.15) is 0 Å². The summed E-state index contributed by atoms with van der Waals surface area (Å²) in [5.74, 6) is 0.114. The molecule has 1 aromatic carbocycles. The first-order chi connectivity index (χ1) is 10.3. The zero-order chi connectivity index (χ0) is 14.7. The quantitative estimate of drug-likeness (QED) is 0.839. The topological polar surface area (TPSA) is 33.2 Å². The maximum Gasteiger partial charge on any atom is 0.254 e. The minimum atomic E-state index is 0.103. The molecular formula is C18H20N2O. The third kappa shape index (κ3) is 2.97. The summed E-state index contributed by atoms with van der Waals surface area (Å²) in [5.41, 5.74) is 2.78. The van der Waals surface area contributed by atoms with Gasteiger partial charge in [0.2, 0.25) is 0 Å². The van der Waals surface area contributed by atoms with Crippen LogP contribution in [0.15, 0.2) is 48.5 Å². The van der Waals surface area contributed by atoms with Crippen molar-refractivity contribution in [3.8, 4) is 0 Å². The number of amides is 1. The van der Waals surface area contributed by atoms with Crippen molar-refractivity contribution in [3.05, 3.63) is 65.5 Å². The van der Waals surface area contributed by atoms with Crippen LogP contribution in [0.2, 0.25) is 0 Å². The third-order valence-corrected chi connectivity index (χ3v) is 4.04. The molecule has 0 radical (unpaired) electrons. The Morgan fingerprint density at radius 3 is 2.67 bits per heavy atom. The number of hydrogen-bond acceptors (Lipinski definition) is 2. The highest BCUT2D eigenvalue weighted by Crippen LogP contribution is 2.31. The summed E-state index contributed by atoms with van der Waals surface area (Å²) >= 11 is 0. The van der Waals surface area contributed by atoms with Crippen LogP contribution in [0.5, 0.6) is 0 Å². The zero-order valence-corrected chi connectivity index (χ0v) is 12.3. The number of rotatable bonds is 2. The van der Waals surface area contributed by atoms with Crippen LogP contribution in [-0.2, 0) is 0 Å². The zero-order valence-electron chi connectivity index (χ0n) is 12.3. The fraction of sp³-hybridized carbons (Fsp3) is 0.333. The van der Waals surface area contributed by atoms with E-state index in [1.807, 2.05) is 60.4 Å². The number of aromatic nitrogens is 1. The van der Waals surface area contributed by atoms with E-state index in [1.54, 1.807) is 0 Å². The molecule has 3 rings (SSSR count). The van der Waals surface area contributed by atoms with Gasteiger partial charge < -0.3 is 4.90 Å². The van der Waals surface area contributed by atoms with Crippen molar-refractivity contribution in [1.82, 2.24) is 9.88 Å². The molecule has 2 aromatic rings.